The molecule has 7 heteroatoms. The van der Waals surface area contributed by atoms with Gasteiger partial charge in [0.2, 0.25) is 0 Å². The molecule has 5 rings (SSSR count). The predicted molar refractivity (Wildman–Crippen MR) is 111 cm³/mol. The first kappa shape index (κ1) is 17.3. The molecule has 1 aromatic carbocycles. The van der Waals surface area contributed by atoms with Crippen LogP contribution in [0.5, 0.6) is 11.5 Å². The molecule has 2 aliphatic rings. The van der Waals surface area contributed by atoms with Crippen LogP contribution in [-0.2, 0) is 12.8 Å². The van der Waals surface area contributed by atoms with Crippen molar-refractivity contribution >= 4 is 38.8 Å². The lowest BCUT2D eigenvalue weighted by Crippen LogP contribution is -2.16. The lowest BCUT2D eigenvalue weighted by molar-refractivity contribution is 0.103. The number of aromatic nitrogens is 1. The minimum Gasteiger partial charge on any atom is -0.486 e. The highest BCUT2D eigenvalue weighted by atomic mass is 32.1. The van der Waals surface area contributed by atoms with E-state index < -0.39 is 0 Å². The minimum atomic E-state index is -0.233. The van der Waals surface area contributed by atoms with Gasteiger partial charge in [0.05, 0.1) is 5.69 Å². The van der Waals surface area contributed by atoms with Gasteiger partial charge in [-0.25, -0.2) is 4.98 Å². The first-order chi connectivity index (χ1) is 13.6. The van der Waals surface area contributed by atoms with E-state index in [4.69, 9.17) is 20.2 Å². The number of nitrogen functional groups attached to an aromatic ring is 1. The molecule has 1 aliphatic carbocycles. The van der Waals surface area contributed by atoms with Crippen LogP contribution in [-0.4, -0.2) is 24.1 Å². The molecule has 28 heavy (non-hydrogen) atoms. The lowest BCUT2D eigenvalue weighted by atomic mass is 9.87. The van der Waals surface area contributed by atoms with Crippen LogP contribution in [0.1, 0.15) is 34.3 Å². The van der Waals surface area contributed by atoms with E-state index in [0.29, 0.717) is 46.9 Å². The van der Waals surface area contributed by atoms with Gasteiger partial charge in [0.15, 0.2) is 11.5 Å². The number of anilines is 2. The number of nitrogens with one attached hydrogen (secondary N) is 1. The van der Waals surface area contributed by atoms with Gasteiger partial charge in [-0.3, -0.25) is 4.79 Å². The topological polar surface area (TPSA) is 86.5 Å². The molecule has 1 aliphatic heterocycles. The van der Waals surface area contributed by atoms with Crippen molar-refractivity contribution in [3.63, 3.8) is 0 Å². The lowest BCUT2D eigenvalue weighted by Gasteiger charge is -2.20. The number of nitrogens with zero attached hydrogens (tertiary/aromatic N) is 1. The van der Waals surface area contributed by atoms with E-state index in [2.05, 4.69) is 18.3 Å². The number of carbonyl (C=O) groups is 1. The zero-order chi connectivity index (χ0) is 19.3. The molecule has 3 N–H and O–H groups in total. The van der Waals surface area contributed by atoms with Gasteiger partial charge >= 0.3 is 0 Å². The smallest absolute Gasteiger partial charge is 0.267 e. The number of hydrogen-bond acceptors (Lipinski definition) is 6. The summed E-state index contributed by atoms with van der Waals surface area (Å²) in [6.45, 7) is 3.30. The summed E-state index contributed by atoms with van der Waals surface area (Å²) in [5.41, 5.74) is 9.89. The highest BCUT2D eigenvalue weighted by molar-refractivity contribution is 7.21. The monoisotopic (exact) mass is 395 g/mol. The third-order valence-electron chi connectivity index (χ3n) is 5.34. The molecule has 0 radical (unpaired) electrons. The maximum Gasteiger partial charge on any atom is 0.267 e. The summed E-state index contributed by atoms with van der Waals surface area (Å²) in [5.74, 6) is 1.75. The summed E-state index contributed by atoms with van der Waals surface area (Å²) in [6.07, 6.45) is 3.17. The number of thiophene rings is 1. The Bertz CT molecular complexity index is 1090. The Hall–Kier alpha value is -2.80. The molecule has 1 atom stereocenters. The largest absolute Gasteiger partial charge is 0.486 e. The fraction of sp³-hybridized carbons (Fsp3) is 0.333. The van der Waals surface area contributed by atoms with Crippen molar-refractivity contribution in [2.45, 2.75) is 26.2 Å². The molecule has 3 heterocycles. The second-order valence-electron chi connectivity index (χ2n) is 7.45. The molecule has 0 spiro atoms. The Morgan fingerprint density at radius 2 is 2.07 bits per heavy atom. The minimum absolute atomic E-state index is 0.233. The van der Waals surface area contributed by atoms with Gasteiger partial charge in [-0.2, -0.15) is 0 Å². The Morgan fingerprint density at radius 3 is 2.93 bits per heavy atom. The summed E-state index contributed by atoms with van der Waals surface area (Å²) >= 11 is 1.35. The number of nitrogens with two attached hydrogens (primary N) is 1. The van der Waals surface area contributed by atoms with E-state index >= 15 is 0 Å². The fourth-order valence-electron chi connectivity index (χ4n) is 3.85. The number of carbonyl (C=O) groups excluding carboxylic acids is 1. The normalized spacial score (nSPS) is 18.0. The molecule has 1 unspecified atom stereocenters. The summed E-state index contributed by atoms with van der Waals surface area (Å²) in [4.78, 5) is 19.0. The molecule has 2 aromatic heterocycles. The molecule has 3 aromatic rings. The highest BCUT2D eigenvalue weighted by Crippen LogP contribution is 2.37. The van der Waals surface area contributed by atoms with E-state index in [1.54, 1.807) is 18.2 Å². The average Bonchev–Trinajstić information content (AvgIpc) is 3.02. The van der Waals surface area contributed by atoms with E-state index in [9.17, 15) is 4.79 Å². The van der Waals surface area contributed by atoms with Crippen molar-refractivity contribution < 1.29 is 14.3 Å². The van der Waals surface area contributed by atoms with Crippen molar-refractivity contribution in [1.29, 1.82) is 0 Å². The average molecular weight is 395 g/mol. The van der Waals surface area contributed by atoms with E-state index in [0.717, 1.165) is 35.2 Å². The first-order valence-electron chi connectivity index (χ1n) is 9.50. The SMILES string of the molecule is CC1CCc2nc3sc(C(=O)Nc4ccc5c(c4)OCCO5)c(N)c3cc2C1. The van der Waals surface area contributed by atoms with Gasteiger partial charge < -0.3 is 20.5 Å². The summed E-state index contributed by atoms with van der Waals surface area (Å²) in [5, 5.41) is 3.79. The van der Waals surface area contributed by atoms with Gasteiger partial charge in [0, 0.05) is 22.8 Å². The Morgan fingerprint density at radius 1 is 1.25 bits per heavy atom. The van der Waals surface area contributed by atoms with Gasteiger partial charge in [-0.1, -0.05) is 6.92 Å². The summed E-state index contributed by atoms with van der Waals surface area (Å²) in [7, 11) is 0. The van der Waals surface area contributed by atoms with Crippen molar-refractivity contribution in [3.05, 3.63) is 40.4 Å². The third kappa shape index (κ3) is 2.96. The predicted octanol–water partition coefficient (Wildman–Crippen LogP) is 4.03. The Balaban J connectivity index is 1.45. The van der Waals surface area contributed by atoms with Crippen LogP contribution in [0.25, 0.3) is 10.2 Å². The standard InChI is InChI=1S/C21H21N3O3S/c1-11-2-4-15-12(8-11)9-14-18(22)19(28-21(14)24-15)20(25)23-13-3-5-16-17(10-13)27-7-6-26-16/h3,5,9-11H,2,4,6-8,22H2,1H3,(H,23,25). The molecule has 0 fully saturated rings. The number of aryl methyl sites for hydroxylation is 1. The Kier molecular flexibility index (Phi) is 4.12. The van der Waals surface area contributed by atoms with Gasteiger partial charge in [0.1, 0.15) is 22.9 Å². The van der Waals surface area contributed by atoms with Crippen LogP contribution in [0.3, 0.4) is 0 Å². The second kappa shape index (κ2) is 6.67. The second-order valence-corrected chi connectivity index (χ2v) is 8.45. The quantitative estimate of drug-likeness (QED) is 0.684. The highest BCUT2D eigenvalue weighted by Gasteiger charge is 2.22. The van der Waals surface area contributed by atoms with Crippen LogP contribution in [0.4, 0.5) is 11.4 Å². The van der Waals surface area contributed by atoms with Crippen LogP contribution in [0.2, 0.25) is 0 Å². The molecule has 0 saturated carbocycles. The molecule has 0 bridgehead atoms. The molecule has 0 saturated heterocycles. The summed E-state index contributed by atoms with van der Waals surface area (Å²) in [6, 6.07) is 7.50. The number of ether oxygens (including phenoxy) is 2. The molecule has 6 nitrogen and oxygen atoms in total. The molecular formula is C21H21N3O3S. The maximum atomic E-state index is 12.9. The number of pyridine rings is 1. The number of hydrogen-bond donors (Lipinski definition) is 2. The number of fused-ring (bicyclic) bond motifs is 3. The maximum absolute atomic E-state index is 12.9. The number of amides is 1. The first-order valence-corrected chi connectivity index (χ1v) is 10.3. The van der Waals surface area contributed by atoms with Gasteiger partial charge in [0.25, 0.3) is 5.91 Å². The van der Waals surface area contributed by atoms with Gasteiger partial charge in [-0.05, 0) is 48.9 Å². The summed E-state index contributed by atoms with van der Waals surface area (Å²) < 4.78 is 11.1. The van der Waals surface area contributed by atoms with Crippen LogP contribution in [0, 0.1) is 5.92 Å². The van der Waals surface area contributed by atoms with E-state index in [1.165, 1.54) is 16.9 Å². The zero-order valence-electron chi connectivity index (χ0n) is 15.6. The molecular weight excluding hydrogens is 374 g/mol. The van der Waals surface area contributed by atoms with Crippen molar-refractivity contribution in [1.82, 2.24) is 4.98 Å². The number of benzene rings is 1. The van der Waals surface area contributed by atoms with Gasteiger partial charge in [-0.15, -0.1) is 11.3 Å². The van der Waals surface area contributed by atoms with Crippen LogP contribution < -0.4 is 20.5 Å². The number of rotatable bonds is 2. The van der Waals surface area contributed by atoms with Crippen LogP contribution >= 0.6 is 11.3 Å². The third-order valence-corrected chi connectivity index (χ3v) is 6.45. The molecule has 1 amide bonds. The zero-order valence-corrected chi connectivity index (χ0v) is 16.4. The van der Waals surface area contributed by atoms with E-state index in [1.807, 2.05) is 0 Å². The Labute approximate surface area is 166 Å². The van der Waals surface area contributed by atoms with Crippen molar-refractivity contribution in [2.75, 3.05) is 24.3 Å². The molecule has 144 valence electrons. The fourth-order valence-corrected chi connectivity index (χ4v) is 4.84. The van der Waals surface area contributed by atoms with E-state index in [-0.39, 0.29) is 5.91 Å². The van der Waals surface area contributed by atoms with Crippen LogP contribution in [0.15, 0.2) is 24.3 Å². The van der Waals surface area contributed by atoms with Crippen molar-refractivity contribution in [3.8, 4) is 11.5 Å². The van der Waals surface area contributed by atoms with Crippen molar-refractivity contribution in [2.24, 2.45) is 5.92 Å².